The fourth-order valence-electron chi connectivity index (χ4n) is 2.64. The van der Waals surface area contributed by atoms with Crippen LogP contribution in [0, 0.1) is 0 Å². The van der Waals surface area contributed by atoms with Crippen LogP contribution in [0.25, 0.3) is 0 Å². The van der Waals surface area contributed by atoms with E-state index < -0.39 is 0 Å². The summed E-state index contributed by atoms with van der Waals surface area (Å²) in [6.45, 7) is 1.08. The molecular formula is C17H25NO3. The van der Waals surface area contributed by atoms with E-state index >= 15 is 0 Å². The van der Waals surface area contributed by atoms with Crippen LogP contribution in [0.2, 0.25) is 0 Å². The Bertz CT molecular complexity index is 422. The molecule has 1 amide bonds. The number of nitrogens with one attached hydrogen (secondary N) is 1. The predicted octanol–water partition coefficient (Wildman–Crippen LogP) is 3.16. The van der Waals surface area contributed by atoms with Crippen LogP contribution >= 0.6 is 0 Å². The average Bonchev–Trinajstić information content (AvgIpc) is 2.77. The maximum atomic E-state index is 12.2. The Labute approximate surface area is 126 Å². The molecule has 21 heavy (non-hydrogen) atoms. The molecule has 0 bridgehead atoms. The SMILES string of the molecule is COCCOc1ccc(C(=O)NC2CCCCCC2)cc1. The van der Waals surface area contributed by atoms with Crippen LogP contribution in [0.15, 0.2) is 24.3 Å². The molecule has 4 nitrogen and oxygen atoms in total. The van der Waals surface area contributed by atoms with Crippen LogP contribution < -0.4 is 10.1 Å². The summed E-state index contributed by atoms with van der Waals surface area (Å²) in [6, 6.07) is 7.62. The lowest BCUT2D eigenvalue weighted by molar-refractivity contribution is 0.0933. The van der Waals surface area contributed by atoms with Gasteiger partial charge in [-0.3, -0.25) is 4.79 Å². The number of carbonyl (C=O) groups is 1. The zero-order chi connectivity index (χ0) is 14.9. The molecule has 1 aromatic carbocycles. The molecular weight excluding hydrogens is 266 g/mol. The molecule has 0 unspecified atom stereocenters. The molecule has 0 spiro atoms. The van der Waals surface area contributed by atoms with E-state index in [1.807, 2.05) is 24.3 Å². The second-order valence-corrected chi connectivity index (χ2v) is 5.53. The average molecular weight is 291 g/mol. The zero-order valence-corrected chi connectivity index (χ0v) is 12.8. The topological polar surface area (TPSA) is 47.6 Å². The fraction of sp³-hybridized carbons (Fsp3) is 0.588. The van der Waals surface area contributed by atoms with Crippen LogP contribution in [0.5, 0.6) is 5.75 Å². The Morgan fingerprint density at radius 2 is 1.76 bits per heavy atom. The Morgan fingerprint density at radius 1 is 1.10 bits per heavy atom. The van der Waals surface area contributed by atoms with E-state index in [2.05, 4.69) is 5.32 Å². The van der Waals surface area contributed by atoms with Gasteiger partial charge >= 0.3 is 0 Å². The normalized spacial score (nSPS) is 16.2. The van der Waals surface area contributed by atoms with Crippen LogP contribution in [-0.4, -0.2) is 32.3 Å². The van der Waals surface area contributed by atoms with Gasteiger partial charge in [0.25, 0.3) is 5.91 Å². The van der Waals surface area contributed by atoms with E-state index in [0.717, 1.165) is 18.6 Å². The highest BCUT2D eigenvalue weighted by Crippen LogP contribution is 2.18. The molecule has 1 aromatic rings. The summed E-state index contributed by atoms with van der Waals surface area (Å²) in [7, 11) is 1.64. The number of ether oxygens (including phenoxy) is 2. The molecule has 2 rings (SSSR count). The lowest BCUT2D eigenvalue weighted by atomic mass is 10.1. The summed E-state index contributed by atoms with van der Waals surface area (Å²) in [4.78, 5) is 12.2. The van der Waals surface area contributed by atoms with Gasteiger partial charge in [0.15, 0.2) is 0 Å². The van der Waals surface area contributed by atoms with E-state index in [4.69, 9.17) is 9.47 Å². The lowest BCUT2D eigenvalue weighted by Gasteiger charge is -2.16. The molecule has 0 atom stereocenters. The van der Waals surface area contributed by atoms with Crippen molar-refractivity contribution in [1.29, 1.82) is 0 Å². The van der Waals surface area contributed by atoms with Gasteiger partial charge in [-0.2, -0.15) is 0 Å². The standard InChI is InChI=1S/C17H25NO3/c1-20-12-13-21-16-10-8-14(9-11-16)17(19)18-15-6-4-2-3-5-7-15/h8-11,15H,2-7,12-13H2,1H3,(H,18,19). The van der Waals surface area contributed by atoms with Crippen molar-refractivity contribution >= 4 is 5.91 Å². The van der Waals surface area contributed by atoms with Crippen molar-refractivity contribution in [3.63, 3.8) is 0 Å². The molecule has 0 aliphatic heterocycles. The summed E-state index contributed by atoms with van der Waals surface area (Å²) in [5.74, 6) is 0.781. The van der Waals surface area contributed by atoms with Crippen molar-refractivity contribution in [2.45, 2.75) is 44.6 Å². The maximum absolute atomic E-state index is 12.2. The summed E-state index contributed by atoms with van der Waals surface area (Å²) in [5.41, 5.74) is 0.693. The predicted molar refractivity (Wildman–Crippen MR) is 82.8 cm³/mol. The molecule has 1 aliphatic rings. The lowest BCUT2D eigenvalue weighted by Crippen LogP contribution is -2.34. The number of amides is 1. The largest absolute Gasteiger partial charge is 0.491 e. The van der Waals surface area contributed by atoms with E-state index in [-0.39, 0.29) is 5.91 Å². The summed E-state index contributed by atoms with van der Waals surface area (Å²) < 4.78 is 10.4. The highest BCUT2D eigenvalue weighted by Gasteiger charge is 2.15. The summed E-state index contributed by atoms with van der Waals surface area (Å²) in [6.07, 6.45) is 7.22. The van der Waals surface area contributed by atoms with Gasteiger partial charge in [0.2, 0.25) is 0 Å². The third kappa shape index (κ3) is 5.38. The first-order valence-corrected chi connectivity index (χ1v) is 7.82. The first kappa shape index (κ1) is 15.8. The second-order valence-electron chi connectivity index (χ2n) is 5.53. The molecule has 0 aromatic heterocycles. The summed E-state index contributed by atoms with van der Waals surface area (Å²) in [5, 5.41) is 3.15. The molecule has 0 saturated heterocycles. The number of rotatable bonds is 6. The number of methoxy groups -OCH3 is 1. The van der Waals surface area contributed by atoms with Gasteiger partial charge < -0.3 is 14.8 Å². The minimum absolute atomic E-state index is 0.0188. The number of carbonyl (C=O) groups excluding carboxylic acids is 1. The molecule has 1 N–H and O–H groups in total. The third-order valence-corrected chi connectivity index (χ3v) is 3.86. The molecule has 1 aliphatic carbocycles. The molecule has 1 fully saturated rings. The van der Waals surface area contributed by atoms with Crippen molar-refractivity contribution in [2.24, 2.45) is 0 Å². The van der Waals surface area contributed by atoms with Crippen molar-refractivity contribution < 1.29 is 14.3 Å². The maximum Gasteiger partial charge on any atom is 0.251 e. The van der Waals surface area contributed by atoms with E-state index in [1.54, 1.807) is 7.11 Å². The quantitative estimate of drug-likeness (QED) is 0.647. The van der Waals surface area contributed by atoms with Crippen LogP contribution in [-0.2, 0) is 4.74 Å². The van der Waals surface area contributed by atoms with Crippen molar-refractivity contribution in [2.75, 3.05) is 20.3 Å². The van der Waals surface area contributed by atoms with E-state index in [9.17, 15) is 4.79 Å². The number of hydrogen-bond acceptors (Lipinski definition) is 3. The van der Waals surface area contributed by atoms with Gasteiger partial charge in [-0.25, -0.2) is 0 Å². The first-order chi connectivity index (χ1) is 10.3. The van der Waals surface area contributed by atoms with Crippen LogP contribution in [0.4, 0.5) is 0 Å². The monoisotopic (exact) mass is 291 g/mol. The van der Waals surface area contributed by atoms with Crippen molar-refractivity contribution in [3.05, 3.63) is 29.8 Å². The van der Waals surface area contributed by atoms with Gasteiger partial charge in [-0.15, -0.1) is 0 Å². The van der Waals surface area contributed by atoms with Crippen LogP contribution in [0.1, 0.15) is 48.9 Å². The molecule has 0 radical (unpaired) electrons. The Hall–Kier alpha value is -1.55. The number of hydrogen-bond donors (Lipinski definition) is 1. The third-order valence-electron chi connectivity index (χ3n) is 3.86. The molecule has 1 saturated carbocycles. The highest BCUT2D eigenvalue weighted by atomic mass is 16.5. The molecule has 0 heterocycles. The van der Waals surface area contributed by atoms with Crippen molar-refractivity contribution in [3.8, 4) is 5.75 Å². The Kier molecular flexibility index (Phi) is 6.54. The fourth-order valence-corrected chi connectivity index (χ4v) is 2.64. The Balaban J connectivity index is 1.84. The van der Waals surface area contributed by atoms with Gasteiger partial charge in [0, 0.05) is 18.7 Å². The first-order valence-electron chi connectivity index (χ1n) is 7.82. The summed E-state index contributed by atoms with van der Waals surface area (Å²) >= 11 is 0. The minimum Gasteiger partial charge on any atom is -0.491 e. The second kappa shape index (κ2) is 8.67. The van der Waals surface area contributed by atoms with E-state index in [1.165, 1.54) is 25.7 Å². The Morgan fingerprint density at radius 3 is 2.38 bits per heavy atom. The van der Waals surface area contributed by atoms with Gasteiger partial charge in [0.05, 0.1) is 6.61 Å². The minimum atomic E-state index is 0.0188. The van der Waals surface area contributed by atoms with Crippen molar-refractivity contribution in [1.82, 2.24) is 5.32 Å². The zero-order valence-electron chi connectivity index (χ0n) is 12.8. The number of benzene rings is 1. The van der Waals surface area contributed by atoms with Gasteiger partial charge in [-0.05, 0) is 37.1 Å². The van der Waals surface area contributed by atoms with E-state index in [0.29, 0.717) is 24.8 Å². The molecule has 116 valence electrons. The van der Waals surface area contributed by atoms with Crippen LogP contribution in [0.3, 0.4) is 0 Å². The highest BCUT2D eigenvalue weighted by molar-refractivity contribution is 5.94. The van der Waals surface area contributed by atoms with Gasteiger partial charge in [0.1, 0.15) is 12.4 Å². The smallest absolute Gasteiger partial charge is 0.251 e. The van der Waals surface area contributed by atoms with Gasteiger partial charge in [-0.1, -0.05) is 25.7 Å². The molecule has 4 heteroatoms.